The summed E-state index contributed by atoms with van der Waals surface area (Å²) in [5.74, 6) is -6.74. The van der Waals surface area contributed by atoms with Crippen LogP contribution in [0.2, 0.25) is 0 Å². The molecule has 10 nitrogen and oxygen atoms in total. The lowest BCUT2D eigenvalue weighted by molar-refractivity contribution is -0.316. The van der Waals surface area contributed by atoms with Crippen LogP contribution in [0.4, 0.5) is 4.79 Å². The van der Waals surface area contributed by atoms with Gasteiger partial charge in [0.25, 0.3) is 0 Å². The van der Waals surface area contributed by atoms with Crippen molar-refractivity contribution in [3.05, 3.63) is 0 Å². The highest BCUT2D eigenvalue weighted by Crippen LogP contribution is 2.14. The molecule has 1 saturated heterocycles. The smallest absolute Gasteiger partial charge is 0.332 e. The molecule has 10 heteroatoms. The summed E-state index contributed by atoms with van der Waals surface area (Å²) in [7, 11) is 2.29. The largest absolute Gasteiger partial charge is 0.550 e. The van der Waals surface area contributed by atoms with Gasteiger partial charge in [0.05, 0.1) is 12.0 Å². The topological polar surface area (TPSA) is 150 Å². The Bertz CT molecular complexity index is 518. The van der Waals surface area contributed by atoms with Crippen LogP contribution in [0.3, 0.4) is 0 Å². The van der Waals surface area contributed by atoms with Gasteiger partial charge in [-0.3, -0.25) is 24.4 Å². The zero-order valence-electron chi connectivity index (χ0n) is 11.1. The summed E-state index contributed by atoms with van der Waals surface area (Å²) in [6.45, 7) is 0. The molecule has 0 N–H and O–H groups in total. The molecular formula is C11H11N3O7-2. The fourth-order valence-corrected chi connectivity index (χ4v) is 1.61. The van der Waals surface area contributed by atoms with E-state index in [-0.39, 0.29) is 0 Å². The van der Waals surface area contributed by atoms with Crippen molar-refractivity contribution >= 4 is 36.0 Å². The number of aliphatic carboxylic acids is 2. The number of urea groups is 1. The maximum Gasteiger partial charge on any atom is 0.332 e. The fourth-order valence-electron chi connectivity index (χ4n) is 1.61. The minimum absolute atomic E-state index is 0.671. The van der Waals surface area contributed by atoms with Crippen molar-refractivity contribution in [3.8, 4) is 0 Å². The molecule has 4 amide bonds. The van der Waals surface area contributed by atoms with E-state index in [0.717, 1.165) is 14.1 Å². The summed E-state index contributed by atoms with van der Waals surface area (Å²) in [6, 6.07) is -2.62. The van der Waals surface area contributed by atoms with Gasteiger partial charge in [-0.25, -0.2) is 4.79 Å². The number of imide groups is 2. The van der Waals surface area contributed by atoms with E-state index in [1.54, 1.807) is 0 Å². The van der Waals surface area contributed by atoms with Gasteiger partial charge < -0.3 is 19.8 Å². The van der Waals surface area contributed by atoms with E-state index in [1.165, 1.54) is 0 Å². The Morgan fingerprint density at radius 3 is 2.05 bits per heavy atom. The van der Waals surface area contributed by atoms with Gasteiger partial charge in [0.15, 0.2) is 5.92 Å². The van der Waals surface area contributed by atoms with Gasteiger partial charge in [-0.05, 0) is 0 Å². The van der Waals surface area contributed by atoms with Crippen LogP contribution < -0.4 is 10.2 Å². The second-order valence-electron chi connectivity index (χ2n) is 4.26. The van der Waals surface area contributed by atoms with E-state index in [9.17, 15) is 34.2 Å². The molecule has 1 atom stereocenters. The molecule has 0 aliphatic carbocycles. The Morgan fingerprint density at radius 2 is 1.67 bits per heavy atom. The maximum atomic E-state index is 11.8. The van der Waals surface area contributed by atoms with Crippen LogP contribution in [-0.2, 0) is 19.2 Å². The highest BCUT2D eigenvalue weighted by molar-refractivity contribution is 6.23. The molecule has 0 radical (unpaired) electrons. The third-order valence-corrected chi connectivity index (χ3v) is 2.81. The number of hydrogen-bond acceptors (Lipinski definition) is 8. The molecule has 1 rings (SSSR count). The summed E-state index contributed by atoms with van der Waals surface area (Å²) < 4.78 is 0. The molecule has 1 heterocycles. The average molecular weight is 297 g/mol. The van der Waals surface area contributed by atoms with Gasteiger partial charge in [-0.1, -0.05) is 0 Å². The van der Waals surface area contributed by atoms with Crippen LogP contribution >= 0.6 is 0 Å². The Morgan fingerprint density at radius 1 is 1.19 bits per heavy atom. The summed E-state index contributed by atoms with van der Waals surface area (Å²) in [4.78, 5) is 60.8. The van der Waals surface area contributed by atoms with Crippen molar-refractivity contribution in [1.29, 1.82) is 0 Å². The first kappa shape index (κ1) is 16.3. The Balaban J connectivity index is 2.98. The van der Waals surface area contributed by atoms with Crippen molar-refractivity contribution in [2.24, 2.45) is 10.9 Å². The number of aliphatic imine (C=N–C) groups is 1. The number of rotatable bonds is 5. The average Bonchev–Trinajstić information content (AvgIpc) is 2.41. The SMILES string of the molecule is CN1C(=O)C(C=N[C@@H](CC(=O)[O-])C(=O)[O-])C(=O)N(C)C1=O. The minimum Gasteiger partial charge on any atom is -0.550 e. The van der Waals surface area contributed by atoms with Gasteiger partial charge in [-0.15, -0.1) is 0 Å². The molecule has 1 aliphatic heterocycles. The predicted molar refractivity (Wildman–Crippen MR) is 61.3 cm³/mol. The van der Waals surface area contributed by atoms with Crippen LogP contribution in [-0.4, -0.2) is 65.9 Å². The highest BCUT2D eigenvalue weighted by Gasteiger charge is 2.41. The van der Waals surface area contributed by atoms with Crippen molar-refractivity contribution in [2.75, 3.05) is 14.1 Å². The quantitative estimate of drug-likeness (QED) is 0.370. The van der Waals surface area contributed by atoms with Gasteiger partial charge in [0.2, 0.25) is 11.8 Å². The number of carboxylic acids is 2. The van der Waals surface area contributed by atoms with E-state index >= 15 is 0 Å². The number of nitrogens with zero attached hydrogens (tertiary/aromatic N) is 3. The predicted octanol–water partition coefficient (Wildman–Crippen LogP) is -4.02. The van der Waals surface area contributed by atoms with E-state index < -0.39 is 48.2 Å². The number of carbonyl (C=O) groups is 5. The summed E-state index contributed by atoms with van der Waals surface area (Å²) in [5.41, 5.74) is 0. The van der Waals surface area contributed by atoms with E-state index in [2.05, 4.69) is 4.99 Å². The lowest BCUT2D eigenvalue weighted by Crippen LogP contribution is -2.57. The van der Waals surface area contributed by atoms with E-state index in [1.807, 2.05) is 0 Å². The molecule has 0 saturated carbocycles. The van der Waals surface area contributed by atoms with Gasteiger partial charge in [0.1, 0.15) is 0 Å². The molecule has 1 aliphatic rings. The third-order valence-electron chi connectivity index (χ3n) is 2.81. The normalized spacial score (nSPS) is 18.5. The molecule has 0 spiro atoms. The van der Waals surface area contributed by atoms with Crippen LogP contribution in [0.1, 0.15) is 6.42 Å². The van der Waals surface area contributed by atoms with Crippen molar-refractivity contribution in [2.45, 2.75) is 12.5 Å². The number of amides is 4. The van der Waals surface area contributed by atoms with Crippen molar-refractivity contribution < 1.29 is 34.2 Å². The monoisotopic (exact) mass is 297 g/mol. The molecule has 0 unspecified atom stereocenters. The summed E-state index contributed by atoms with van der Waals surface area (Å²) in [6.07, 6.45) is -0.258. The molecular weight excluding hydrogens is 286 g/mol. The maximum absolute atomic E-state index is 11.8. The summed E-state index contributed by atoms with van der Waals surface area (Å²) >= 11 is 0. The Kier molecular flexibility index (Phi) is 4.74. The standard InChI is InChI=1S/C11H13N3O7/c1-13-8(17)5(9(18)14(2)11(13)21)4-12-6(10(19)20)3-7(15)16/h4-6H,3H2,1-2H3,(H,15,16)(H,19,20)/p-2/t6-/m0/s1. The first-order chi connectivity index (χ1) is 9.66. The van der Waals surface area contributed by atoms with E-state index in [0.29, 0.717) is 16.0 Å². The fraction of sp³-hybridized carbons (Fsp3) is 0.455. The van der Waals surface area contributed by atoms with Crippen molar-refractivity contribution in [1.82, 2.24) is 9.80 Å². The van der Waals surface area contributed by atoms with Crippen LogP contribution in [0.5, 0.6) is 0 Å². The van der Waals surface area contributed by atoms with Crippen molar-refractivity contribution in [3.63, 3.8) is 0 Å². The minimum atomic E-state index is -1.79. The lowest BCUT2D eigenvalue weighted by atomic mass is 10.1. The molecule has 1 fully saturated rings. The second kappa shape index (κ2) is 6.11. The zero-order chi connectivity index (χ0) is 16.3. The van der Waals surface area contributed by atoms with Gasteiger partial charge >= 0.3 is 6.03 Å². The summed E-state index contributed by atoms with van der Waals surface area (Å²) in [5, 5.41) is 21.1. The first-order valence-electron chi connectivity index (χ1n) is 5.70. The van der Waals surface area contributed by atoms with Gasteiger partial charge in [-0.2, -0.15) is 0 Å². The lowest BCUT2D eigenvalue weighted by Gasteiger charge is -2.31. The highest BCUT2D eigenvalue weighted by atomic mass is 16.4. The second-order valence-corrected chi connectivity index (χ2v) is 4.26. The Labute approximate surface area is 118 Å². The molecule has 0 aromatic heterocycles. The first-order valence-corrected chi connectivity index (χ1v) is 5.70. The third kappa shape index (κ3) is 3.41. The number of barbiturate groups is 1. The molecule has 0 aromatic carbocycles. The van der Waals surface area contributed by atoms with Crippen LogP contribution in [0.15, 0.2) is 4.99 Å². The number of hydrogen-bond donors (Lipinski definition) is 0. The van der Waals surface area contributed by atoms with Crippen LogP contribution in [0.25, 0.3) is 0 Å². The van der Waals surface area contributed by atoms with Crippen LogP contribution in [0, 0.1) is 5.92 Å². The molecule has 114 valence electrons. The van der Waals surface area contributed by atoms with E-state index in [4.69, 9.17) is 0 Å². The molecule has 0 aromatic rings. The molecule has 0 bridgehead atoms. The Hall–Kier alpha value is -2.78. The number of carboxylic acid groups (broad SMARTS) is 2. The molecule has 21 heavy (non-hydrogen) atoms. The zero-order valence-corrected chi connectivity index (χ0v) is 11.1. The van der Waals surface area contributed by atoms with Gasteiger partial charge in [0, 0.05) is 32.7 Å². The number of carbonyl (C=O) groups excluding carboxylic acids is 5.